The number of ether oxygens (including phenoxy) is 1. The number of benzene rings is 1. The Balaban J connectivity index is 1.89. The first-order valence-electron chi connectivity index (χ1n) is 7.71. The Morgan fingerprint density at radius 1 is 1.36 bits per heavy atom. The second-order valence-corrected chi connectivity index (χ2v) is 5.94. The Kier molecular flexibility index (Phi) is 4.29. The highest BCUT2D eigenvalue weighted by Crippen LogP contribution is 2.17. The highest BCUT2D eigenvalue weighted by atomic mass is 16.5. The topological polar surface area (TPSA) is 65.6 Å². The minimum Gasteiger partial charge on any atom is -0.389 e. The van der Waals surface area contributed by atoms with E-state index in [1.807, 2.05) is 32.0 Å². The quantitative estimate of drug-likeness (QED) is 0.896. The van der Waals surface area contributed by atoms with Gasteiger partial charge in [0.2, 0.25) is 0 Å². The van der Waals surface area contributed by atoms with Gasteiger partial charge in [-0.25, -0.2) is 0 Å². The molecule has 3 rings (SSSR count). The fourth-order valence-corrected chi connectivity index (χ4v) is 3.06. The average molecular weight is 302 g/mol. The zero-order valence-corrected chi connectivity index (χ0v) is 13.0. The van der Waals surface area contributed by atoms with E-state index in [1.54, 1.807) is 6.07 Å². The molecule has 0 saturated carbocycles. The SMILES string of the molecule is CCN(Cc1cc(=O)c2cc(C)ccc2[nH]1)[C@H]1COC[C@@H]1O. The monoisotopic (exact) mass is 302 g/mol. The minimum absolute atomic E-state index is 0.0118. The van der Waals surface area contributed by atoms with Gasteiger partial charge in [-0.05, 0) is 25.6 Å². The van der Waals surface area contributed by atoms with Crippen molar-refractivity contribution in [2.24, 2.45) is 0 Å². The summed E-state index contributed by atoms with van der Waals surface area (Å²) in [7, 11) is 0. The number of fused-ring (bicyclic) bond motifs is 1. The molecule has 1 aliphatic heterocycles. The van der Waals surface area contributed by atoms with Crippen LogP contribution >= 0.6 is 0 Å². The second kappa shape index (κ2) is 6.20. The standard InChI is InChI=1S/C17H22N2O3/c1-3-19(15-9-22-10-17(15)21)8-12-7-16(20)13-6-11(2)4-5-14(13)18-12/h4-7,15,17,21H,3,8-10H2,1-2H3,(H,18,20)/t15-,17-/m0/s1. The third-order valence-electron chi connectivity index (χ3n) is 4.31. The molecule has 2 heterocycles. The van der Waals surface area contributed by atoms with Crippen LogP contribution in [0.25, 0.3) is 10.9 Å². The predicted molar refractivity (Wildman–Crippen MR) is 86.0 cm³/mol. The molecule has 5 nitrogen and oxygen atoms in total. The normalized spacial score (nSPS) is 21.8. The van der Waals surface area contributed by atoms with Crippen molar-refractivity contribution in [2.75, 3.05) is 19.8 Å². The molecule has 5 heteroatoms. The first-order chi connectivity index (χ1) is 10.6. The van der Waals surface area contributed by atoms with E-state index < -0.39 is 6.10 Å². The fourth-order valence-electron chi connectivity index (χ4n) is 3.06. The molecule has 1 aliphatic rings. The van der Waals surface area contributed by atoms with Gasteiger partial charge in [-0.1, -0.05) is 18.6 Å². The van der Waals surface area contributed by atoms with E-state index in [2.05, 4.69) is 9.88 Å². The van der Waals surface area contributed by atoms with Crippen molar-refractivity contribution in [3.63, 3.8) is 0 Å². The highest BCUT2D eigenvalue weighted by Gasteiger charge is 2.31. The molecule has 1 aromatic heterocycles. The molecule has 22 heavy (non-hydrogen) atoms. The van der Waals surface area contributed by atoms with Gasteiger partial charge in [-0.15, -0.1) is 0 Å². The molecule has 1 aromatic carbocycles. The van der Waals surface area contributed by atoms with Gasteiger partial charge in [0.05, 0.1) is 25.4 Å². The second-order valence-electron chi connectivity index (χ2n) is 5.94. The lowest BCUT2D eigenvalue weighted by molar-refractivity contribution is 0.0802. The van der Waals surface area contributed by atoms with E-state index in [4.69, 9.17) is 4.74 Å². The van der Waals surface area contributed by atoms with Crippen molar-refractivity contribution >= 4 is 10.9 Å². The van der Waals surface area contributed by atoms with Crippen molar-refractivity contribution in [1.29, 1.82) is 0 Å². The summed E-state index contributed by atoms with van der Waals surface area (Å²) in [5.41, 5.74) is 2.83. The minimum atomic E-state index is -0.463. The molecule has 0 aliphatic carbocycles. The lowest BCUT2D eigenvalue weighted by Gasteiger charge is -2.28. The van der Waals surface area contributed by atoms with Gasteiger partial charge in [0.25, 0.3) is 0 Å². The summed E-state index contributed by atoms with van der Waals surface area (Å²) in [6, 6.07) is 7.49. The smallest absolute Gasteiger partial charge is 0.189 e. The van der Waals surface area contributed by atoms with Crippen LogP contribution in [0, 0.1) is 6.92 Å². The van der Waals surface area contributed by atoms with Gasteiger partial charge >= 0.3 is 0 Å². The van der Waals surface area contributed by atoms with Crippen molar-refractivity contribution in [3.05, 3.63) is 45.7 Å². The summed E-state index contributed by atoms with van der Waals surface area (Å²) >= 11 is 0. The number of pyridine rings is 1. The van der Waals surface area contributed by atoms with Crippen LogP contribution in [-0.4, -0.2) is 46.9 Å². The summed E-state index contributed by atoms with van der Waals surface area (Å²) in [5.74, 6) is 0. The zero-order valence-electron chi connectivity index (χ0n) is 13.0. The lowest BCUT2D eigenvalue weighted by Crippen LogP contribution is -2.42. The molecule has 0 spiro atoms. The van der Waals surface area contributed by atoms with Gasteiger partial charge in [0, 0.05) is 29.2 Å². The van der Waals surface area contributed by atoms with Crippen LogP contribution in [0.1, 0.15) is 18.2 Å². The lowest BCUT2D eigenvalue weighted by atomic mass is 10.1. The molecular weight excluding hydrogens is 280 g/mol. The first kappa shape index (κ1) is 15.2. The first-order valence-corrected chi connectivity index (χ1v) is 7.71. The van der Waals surface area contributed by atoms with Crippen LogP contribution in [0.2, 0.25) is 0 Å². The van der Waals surface area contributed by atoms with Crippen LogP contribution in [0.5, 0.6) is 0 Å². The number of aliphatic hydroxyl groups is 1. The molecule has 2 N–H and O–H groups in total. The zero-order chi connectivity index (χ0) is 15.7. The number of nitrogens with zero attached hydrogens (tertiary/aromatic N) is 1. The largest absolute Gasteiger partial charge is 0.389 e. The van der Waals surface area contributed by atoms with E-state index in [1.165, 1.54) is 0 Å². The molecule has 1 saturated heterocycles. The summed E-state index contributed by atoms with van der Waals surface area (Å²) in [6.07, 6.45) is -0.463. The number of H-pyrrole nitrogens is 1. The van der Waals surface area contributed by atoms with Gasteiger partial charge in [-0.3, -0.25) is 9.69 Å². The molecule has 1 fully saturated rings. The number of hydrogen-bond acceptors (Lipinski definition) is 4. The van der Waals surface area contributed by atoms with Crippen LogP contribution in [0.4, 0.5) is 0 Å². The summed E-state index contributed by atoms with van der Waals surface area (Å²) in [5, 5.41) is 10.7. The number of aliphatic hydroxyl groups excluding tert-OH is 1. The molecule has 0 unspecified atom stereocenters. The van der Waals surface area contributed by atoms with Gasteiger partial charge in [0.15, 0.2) is 5.43 Å². The molecular formula is C17H22N2O3. The predicted octanol–water partition coefficient (Wildman–Crippen LogP) is 1.42. The van der Waals surface area contributed by atoms with Crippen molar-refractivity contribution < 1.29 is 9.84 Å². The Morgan fingerprint density at radius 2 is 2.18 bits per heavy atom. The average Bonchev–Trinajstić information content (AvgIpc) is 2.92. The Morgan fingerprint density at radius 3 is 2.86 bits per heavy atom. The number of hydrogen-bond donors (Lipinski definition) is 2. The molecule has 2 atom stereocenters. The summed E-state index contributed by atoms with van der Waals surface area (Å²) in [6.45, 7) is 6.33. The van der Waals surface area contributed by atoms with Crippen LogP contribution in [0.15, 0.2) is 29.1 Å². The van der Waals surface area contributed by atoms with E-state index in [9.17, 15) is 9.90 Å². The van der Waals surface area contributed by atoms with Crippen molar-refractivity contribution in [1.82, 2.24) is 9.88 Å². The number of likely N-dealkylation sites (N-methyl/N-ethyl adjacent to an activating group) is 1. The number of rotatable bonds is 4. The van der Waals surface area contributed by atoms with E-state index >= 15 is 0 Å². The molecule has 0 radical (unpaired) electrons. The molecule has 2 aromatic rings. The summed E-state index contributed by atoms with van der Waals surface area (Å²) < 4.78 is 5.33. The number of nitrogens with one attached hydrogen (secondary N) is 1. The van der Waals surface area contributed by atoms with Crippen LogP contribution in [0.3, 0.4) is 0 Å². The maximum absolute atomic E-state index is 12.3. The Labute approximate surface area is 129 Å². The van der Waals surface area contributed by atoms with Crippen molar-refractivity contribution in [2.45, 2.75) is 32.5 Å². The van der Waals surface area contributed by atoms with Gasteiger partial charge in [-0.2, -0.15) is 0 Å². The highest BCUT2D eigenvalue weighted by molar-refractivity contribution is 5.79. The summed E-state index contributed by atoms with van der Waals surface area (Å²) in [4.78, 5) is 17.8. The van der Waals surface area contributed by atoms with E-state index in [0.717, 1.165) is 28.7 Å². The fraction of sp³-hybridized carbons (Fsp3) is 0.471. The van der Waals surface area contributed by atoms with Gasteiger partial charge < -0.3 is 14.8 Å². The van der Waals surface area contributed by atoms with E-state index in [-0.39, 0.29) is 11.5 Å². The molecule has 0 amide bonds. The van der Waals surface area contributed by atoms with E-state index in [0.29, 0.717) is 19.8 Å². The Bertz CT molecular complexity index is 725. The van der Waals surface area contributed by atoms with Crippen LogP contribution in [-0.2, 0) is 11.3 Å². The number of aromatic nitrogens is 1. The maximum atomic E-state index is 12.3. The van der Waals surface area contributed by atoms with Gasteiger partial charge in [0.1, 0.15) is 0 Å². The third kappa shape index (κ3) is 2.92. The number of aryl methyl sites for hydroxylation is 1. The maximum Gasteiger partial charge on any atom is 0.189 e. The number of aromatic amines is 1. The molecule has 0 bridgehead atoms. The van der Waals surface area contributed by atoms with Crippen LogP contribution < -0.4 is 5.43 Å². The Hall–Kier alpha value is -1.69. The third-order valence-corrected chi connectivity index (χ3v) is 4.31. The van der Waals surface area contributed by atoms with Crippen molar-refractivity contribution in [3.8, 4) is 0 Å². The molecule has 118 valence electrons.